The van der Waals surface area contributed by atoms with Crippen molar-refractivity contribution >= 4 is 43.5 Å². The van der Waals surface area contributed by atoms with Crippen LogP contribution < -0.4 is 4.74 Å². The Morgan fingerprint density at radius 3 is 2.45 bits per heavy atom. The van der Waals surface area contributed by atoms with E-state index in [0.29, 0.717) is 21.4 Å². The van der Waals surface area contributed by atoms with Crippen molar-refractivity contribution < 1.29 is 4.74 Å². The van der Waals surface area contributed by atoms with Gasteiger partial charge in [-0.1, -0.05) is 69.1 Å². The molecule has 1 spiro atoms. The number of rotatable bonds is 2. The van der Waals surface area contributed by atoms with E-state index < -0.39 is 0 Å². The summed E-state index contributed by atoms with van der Waals surface area (Å²) in [6.45, 7) is 0. The van der Waals surface area contributed by atoms with Gasteiger partial charge in [0.15, 0.2) is 0 Å². The average Bonchev–Trinajstić information content (AvgIpc) is 2.69. The number of halogens is 3. The molecule has 0 aliphatic heterocycles. The maximum atomic E-state index is 6.28. The fourth-order valence-corrected chi connectivity index (χ4v) is 5.42. The van der Waals surface area contributed by atoms with Crippen molar-refractivity contribution in [3.05, 3.63) is 27.7 Å². The quantitative estimate of drug-likeness (QED) is 0.504. The minimum atomic E-state index is 0.309. The van der Waals surface area contributed by atoms with Crippen molar-refractivity contribution in [2.24, 2.45) is 5.41 Å². The van der Waals surface area contributed by atoms with Gasteiger partial charge in [-0.05, 0) is 37.5 Å². The Hall–Kier alpha value is 0.270. The van der Waals surface area contributed by atoms with E-state index in [1.165, 1.54) is 38.5 Å². The lowest BCUT2D eigenvalue weighted by Crippen LogP contribution is -2.56. The molecule has 3 rings (SSSR count). The molecule has 0 heterocycles. The molecule has 0 N–H and O–H groups in total. The highest BCUT2D eigenvalue weighted by Crippen LogP contribution is 2.56. The number of alkyl halides is 1. The third kappa shape index (κ3) is 2.78. The van der Waals surface area contributed by atoms with Crippen LogP contribution in [0, 0.1) is 5.41 Å². The lowest BCUT2D eigenvalue weighted by molar-refractivity contribution is -0.0461. The molecule has 0 radical (unpaired) electrons. The fraction of sp³-hybridized carbons (Fsp3) is 0.625. The molecule has 2 fully saturated rings. The van der Waals surface area contributed by atoms with E-state index >= 15 is 0 Å². The van der Waals surface area contributed by atoms with E-state index in [0.717, 1.165) is 16.6 Å². The van der Waals surface area contributed by atoms with Crippen molar-refractivity contribution in [2.45, 2.75) is 55.9 Å². The van der Waals surface area contributed by atoms with Gasteiger partial charge in [0.1, 0.15) is 11.9 Å². The van der Waals surface area contributed by atoms with E-state index in [9.17, 15) is 0 Å². The Morgan fingerprint density at radius 2 is 1.85 bits per heavy atom. The number of hydrogen-bond donors (Lipinski definition) is 0. The molecule has 0 bridgehead atoms. The van der Waals surface area contributed by atoms with Gasteiger partial charge in [0.2, 0.25) is 0 Å². The molecule has 0 saturated heterocycles. The predicted octanol–water partition coefficient (Wildman–Crippen LogP) is 6.36. The van der Waals surface area contributed by atoms with Crippen molar-refractivity contribution in [3.8, 4) is 5.75 Å². The van der Waals surface area contributed by atoms with Crippen LogP contribution in [-0.4, -0.2) is 10.9 Å². The number of ether oxygens (including phenoxy) is 1. The number of benzene rings is 1. The van der Waals surface area contributed by atoms with Gasteiger partial charge in [-0.25, -0.2) is 0 Å². The van der Waals surface area contributed by atoms with Gasteiger partial charge in [0.25, 0.3) is 0 Å². The zero-order valence-electron chi connectivity index (χ0n) is 11.4. The molecule has 20 heavy (non-hydrogen) atoms. The molecule has 0 aromatic heterocycles. The average molecular weight is 423 g/mol. The highest BCUT2D eigenvalue weighted by Gasteiger charge is 2.55. The van der Waals surface area contributed by atoms with Crippen LogP contribution in [0.25, 0.3) is 0 Å². The summed E-state index contributed by atoms with van der Waals surface area (Å²) in [7, 11) is 0. The maximum absolute atomic E-state index is 6.28. The summed E-state index contributed by atoms with van der Waals surface area (Å²) in [4.78, 5) is 0.604. The summed E-state index contributed by atoms with van der Waals surface area (Å²) < 4.78 is 7.26. The van der Waals surface area contributed by atoms with Gasteiger partial charge in [-0.2, -0.15) is 0 Å². The minimum absolute atomic E-state index is 0.309. The Morgan fingerprint density at radius 1 is 1.15 bits per heavy atom. The van der Waals surface area contributed by atoms with Crippen LogP contribution in [0.3, 0.4) is 0 Å². The first-order valence-corrected chi connectivity index (χ1v) is 9.46. The van der Waals surface area contributed by atoms with Crippen LogP contribution in [0.5, 0.6) is 5.75 Å². The van der Waals surface area contributed by atoms with Gasteiger partial charge in [0.05, 0.1) is 5.02 Å². The molecule has 1 nitrogen and oxygen atoms in total. The van der Waals surface area contributed by atoms with Crippen molar-refractivity contribution in [2.75, 3.05) is 0 Å². The first kappa shape index (κ1) is 15.2. The van der Waals surface area contributed by atoms with Gasteiger partial charge >= 0.3 is 0 Å². The zero-order valence-corrected chi connectivity index (χ0v) is 15.3. The van der Waals surface area contributed by atoms with E-state index in [1.807, 2.05) is 18.2 Å². The summed E-state index contributed by atoms with van der Waals surface area (Å²) in [6.07, 6.45) is 9.35. The molecular formula is C16H19Br2ClO. The van der Waals surface area contributed by atoms with E-state index in [4.69, 9.17) is 16.3 Å². The predicted molar refractivity (Wildman–Crippen MR) is 91.0 cm³/mol. The van der Waals surface area contributed by atoms with Gasteiger partial charge in [-0.3, -0.25) is 0 Å². The Bertz CT molecular complexity index is 483. The summed E-state index contributed by atoms with van der Waals surface area (Å²) >= 11 is 13.6. The van der Waals surface area contributed by atoms with Gasteiger partial charge in [-0.15, -0.1) is 0 Å². The Labute approximate surface area is 142 Å². The zero-order chi connectivity index (χ0) is 14.2. The second kappa shape index (κ2) is 6.18. The second-order valence-corrected chi connectivity index (χ2v) is 8.46. The monoisotopic (exact) mass is 420 g/mol. The van der Waals surface area contributed by atoms with Crippen LogP contribution in [0.4, 0.5) is 0 Å². The molecule has 2 aliphatic carbocycles. The van der Waals surface area contributed by atoms with Crippen molar-refractivity contribution in [1.82, 2.24) is 0 Å². The molecule has 2 saturated carbocycles. The summed E-state index contributed by atoms with van der Waals surface area (Å²) in [5.41, 5.74) is 0.326. The van der Waals surface area contributed by atoms with Gasteiger partial charge in [0, 0.05) is 14.7 Å². The van der Waals surface area contributed by atoms with Crippen LogP contribution in [0.2, 0.25) is 5.02 Å². The van der Waals surface area contributed by atoms with Crippen molar-refractivity contribution in [1.29, 1.82) is 0 Å². The molecule has 110 valence electrons. The summed E-state index contributed by atoms with van der Waals surface area (Å²) in [5.74, 6) is 0.822. The molecule has 2 unspecified atom stereocenters. The minimum Gasteiger partial charge on any atom is -0.488 e. The highest BCUT2D eigenvalue weighted by molar-refractivity contribution is 9.10. The summed E-state index contributed by atoms with van der Waals surface area (Å²) in [6, 6.07) is 5.87. The molecular weight excluding hydrogens is 403 g/mol. The standard InChI is InChI=1S/C16H19Br2ClO/c17-11-5-6-13(12(19)9-11)20-15-10-14(18)16(15)7-3-1-2-4-8-16/h5-6,9,14-15H,1-4,7-8,10H2. The highest BCUT2D eigenvalue weighted by atomic mass is 79.9. The molecule has 2 aliphatic rings. The Kier molecular flexibility index (Phi) is 4.69. The fourth-order valence-electron chi connectivity index (χ4n) is 3.61. The van der Waals surface area contributed by atoms with E-state index in [2.05, 4.69) is 31.9 Å². The van der Waals surface area contributed by atoms with E-state index in [1.54, 1.807) is 0 Å². The smallest absolute Gasteiger partial charge is 0.138 e. The maximum Gasteiger partial charge on any atom is 0.138 e. The molecule has 1 aromatic rings. The van der Waals surface area contributed by atoms with Crippen LogP contribution in [0.15, 0.2) is 22.7 Å². The topological polar surface area (TPSA) is 9.23 Å². The molecule has 0 amide bonds. The second-order valence-electron chi connectivity index (χ2n) is 6.03. The first-order valence-electron chi connectivity index (χ1n) is 7.37. The van der Waals surface area contributed by atoms with Crippen LogP contribution in [0.1, 0.15) is 44.9 Å². The Balaban J connectivity index is 1.76. The van der Waals surface area contributed by atoms with E-state index in [-0.39, 0.29) is 0 Å². The third-order valence-corrected chi connectivity index (χ3v) is 6.96. The molecule has 1 aromatic carbocycles. The first-order chi connectivity index (χ1) is 9.62. The third-order valence-electron chi connectivity index (χ3n) is 4.88. The van der Waals surface area contributed by atoms with Crippen molar-refractivity contribution in [3.63, 3.8) is 0 Å². The largest absolute Gasteiger partial charge is 0.488 e. The lowest BCUT2D eigenvalue weighted by Gasteiger charge is -2.53. The molecule has 2 atom stereocenters. The van der Waals surface area contributed by atoms with Crippen LogP contribution in [-0.2, 0) is 0 Å². The summed E-state index contributed by atoms with van der Waals surface area (Å²) in [5, 5.41) is 0.696. The molecule has 4 heteroatoms. The number of hydrogen-bond acceptors (Lipinski definition) is 1. The lowest BCUT2D eigenvalue weighted by atomic mass is 9.61. The normalized spacial score (nSPS) is 28.8. The van der Waals surface area contributed by atoms with Crippen LogP contribution >= 0.6 is 43.5 Å². The van der Waals surface area contributed by atoms with Gasteiger partial charge < -0.3 is 4.74 Å². The SMILES string of the molecule is Clc1cc(Br)ccc1OC1CC(Br)C12CCCCCC2.